The summed E-state index contributed by atoms with van der Waals surface area (Å²) in [6, 6.07) is 17.4. The van der Waals surface area contributed by atoms with Crippen molar-refractivity contribution in [1.82, 2.24) is 10.2 Å². The van der Waals surface area contributed by atoms with Crippen molar-refractivity contribution in [3.63, 3.8) is 0 Å². The van der Waals surface area contributed by atoms with Crippen LogP contribution in [0.25, 0.3) is 22.0 Å². The third-order valence-corrected chi connectivity index (χ3v) is 5.44. The van der Waals surface area contributed by atoms with E-state index in [9.17, 15) is 8.78 Å². The molecule has 1 N–H and O–H groups in total. The first-order chi connectivity index (χ1) is 15.0. The predicted octanol–water partition coefficient (Wildman–Crippen LogP) is 7.08. The van der Waals surface area contributed by atoms with Gasteiger partial charge in [-0.2, -0.15) is 4.39 Å². The standard InChI is InChI=1S/C25H20ClF2N2O/c1-3-19(20-11-8-17(27)14-22(20)26)24(15-5-9-18(10-6-15)31-4-2)16-7-12-23-21(13-16)25(28)30-29-23/h5-14H,2-4H2,1H3,(H,29,30)/b24-19+. The molecular formula is C25H20ClF2N2O. The fraction of sp³-hybridized carbons (Fsp3) is 0.120. The maximum Gasteiger partial charge on any atom is 0.240 e. The smallest absolute Gasteiger partial charge is 0.240 e. The van der Waals surface area contributed by atoms with Crippen molar-refractivity contribution in [2.24, 2.45) is 0 Å². The van der Waals surface area contributed by atoms with Gasteiger partial charge in [0, 0.05) is 0 Å². The van der Waals surface area contributed by atoms with Crippen LogP contribution >= 0.6 is 11.6 Å². The molecule has 0 atom stereocenters. The van der Waals surface area contributed by atoms with Gasteiger partial charge in [0.1, 0.15) is 11.6 Å². The maximum atomic E-state index is 14.2. The van der Waals surface area contributed by atoms with Gasteiger partial charge in [-0.05, 0) is 77.6 Å². The molecule has 0 unspecified atom stereocenters. The largest absolute Gasteiger partial charge is 0.494 e. The highest BCUT2D eigenvalue weighted by atomic mass is 35.5. The van der Waals surface area contributed by atoms with Crippen LogP contribution in [-0.4, -0.2) is 16.8 Å². The summed E-state index contributed by atoms with van der Waals surface area (Å²) in [4.78, 5) is 0. The second-order valence-electron chi connectivity index (χ2n) is 6.98. The van der Waals surface area contributed by atoms with Crippen molar-refractivity contribution in [2.45, 2.75) is 13.3 Å². The molecule has 0 fully saturated rings. The van der Waals surface area contributed by atoms with Gasteiger partial charge < -0.3 is 4.74 Å². The molecule has 4 rings (SSSR count). The van der Waals surface area contributed by atoms with Crippen LogP contribution in [0.3, 0.4) is 0 Å². The Labute approximate surface area is 184 Å². The second kappa shape index (κ2) is 8.90. The summed E-state index contributed by atoms with van der Waals surface area (Å²) in [5, 5.41) is 7.05. The molecule has 0 aliphatic heterocycles. The average Bonchev–Trinajstić information content (AvgIpc) is 3.14. The number of nitrogens with zero attached hydrogens (tertiary/aromatic N) is 1. The third-order valence-electron chi connectivity index (χ3n) is 5.13. The van der Waals surface area contributed by atoms with Crippen molar-refractivity contribution in [2.75, 3.05) is 6.61 Å². The van der Waals surface area contributed by atoms with Gasteiger partial charge in [-0.1, -0.05) is 42.8 Å². The number of benzene rings is 3. The summed E-state index contributed by atoms with van der Waals surface area (Å²) in [6.45, 7) is 6.02. The number of aromatic nitrogens is 2. The molecule has 3 aromatic carbocycles. The minimum atomic E-state index is -0.562. The van der Waals surface area contributed by atoms with Crippen LogP contribution in [0.5, 0.6) is 5.75 Å². The fourth-order valence-electron chi connectivity index (χ4n) is 3.72. The third kappa shape index (κ3) is 4.19. The second-order valence-corrected chi connectivity index (χ2v) is 7.39. The van der Waals surface area contributed by atoms with Gasteiger partial charge >= 0.3 is 0 Å². The number of hydrogen-bond acceptors (Lipinski definition) is 2. The van der Waals surface area contributed by atoms with Gasteiger partial charge in [0.15, 0.2) is 0 Å². The van der Waals surface area contributed by atoms with Gasteiger partial charge in [0.05, 0.1) is 22.5 Å². The van der Waals surface area contributed by atoms with Crippen molar-refractivity contribution in [3.8, 4) is 5.75 Å². The zero-order valence-electron chi connectivity index (χ0n) is 16.9. The molecule has 6 heteroatoms. The van der Waals surface area contributed by atoms with E-state index in [-0.39, 0.29) is 0 Å². The summed E-state index contributed by atoms with van der Waals surface area (Å²) in [6.07, 6.45) is 0.629. The molecule has 157 valence electrons. The van der Waals surface area contributed by atoms with Crippen molar-refractivity contribution in [1.29, 1.82) is 0 Å². The molecule has 0 aliphatic carbocycles. The van der Waals surface area contributed by atoms with E-state index < -0.39 is 11.8 Å². The van der Waals surface area contributed by atoms with E-state index in [4.69, 9.17) is 16.3 Å². The summed E-state index contributed by atoms with van der Waals surface area (Å²) < 4.78 is 33.4. The van der Waals surface area contributed by atoms with Crippen LogP contribution in [0.1, 0.15) is 30.0 Å². The van der Waals surface area contributed by atoms with Gasteiger partial charge in [0.2, 0.25) is 5.95 Å². The molecule has 1 aromatic heterocycles. The van der Waals surface area contributed by atoms with E-state index in [1.54, 1.807) is 18.2 Å². The van der Waals surface area contributed by atoms with E-state index >= 15 is 0 Å². The number of rotatable bonds is 6. The number of allylic oxidation sites excluding steroid dienone is 1. The fourth-order valence-corrected chi connectivity index (χ4v) is 4.01. The van der Waals surface area contributed by atoms with E-state index in [0.29, 0.717) is 34.7 Å². The van der Waals surface area contributed by atoms with Gasteiger partial charge in [-0.15, -0.1) is 5.10 Å². The van der Waals surface area contributed by atoms with Gasteiger partial charge in [0.25, 0.3) is 0 Å². The highest BCUT2D eigenvalue weighted by molar-refractivity contribution is 6.32. The molecule has 1 heterocycles. The number of nitrogens with one attached hydrogen (secondary N) is 1. The summed E-state index contributed by atoms with van der Waals surface area (Å²) >= 11 is 6.42. The topological polar surface area (TPSA) is 37.9 Å². The normalized spacial score (nSPS) is 12.2. The van der Waals surface area contributed by atoms with Crippen LogP contribution < -0.4 is 4.74 Å². The first kappa shape index (κ1) is 21.1. The first-order valence-corrected chi connectivity index (χ1v) is 10.2. The molecule has 31 heavy (non-hydrogen) atoms. The molecule has 0 bridgehead atoms. The number of halogens is 3. The Hall–Kier alpha value is -3.18. The monoisotopic (exact) mass is 437 g/mol. The van der Waals surface area contributed by atoms with Crippen molar-refractivity contribution < 1.29 is 13.5 Å². The minimum Gasteiger partial charge on any atom is -0.494 e. The molecule has 0 saturated carbocycles. The van der Waals surface area contributed by atoms with Crippen LogP contribution in [0.2, 0.25) is 5.02 Å². The van der Waals surface area contributed by atoms with Crippen molar-refractivity contribution in [3.05, 3.63) is 101 Å². The Balaban J connectivity index is 1.98. The highest BCUT2D eigenvalue weighted by Gasteiger charge is 2.17. The quantitative estimate of drug-likeness (QED) is 0.327. The molecule has 1 radical (unpaired) electrons. The van der Waals surface area contributed by atoms with E-state index in [1.165, 1.54) is 12.1 Å². The Kier molecular flexibility index (Phi) is 6.05. The Bertz CT molecular complexity index is 1260. The number of fused-ring (bicyclic) bond motifs is 1. The van der Waals surface area contributed by atoms with Crippen molar-refractivity contribution >= 4 is 33.7 Å². The van der Waals surface area contributed by atoms with Crippen LogP contribution in [0.15, 0.2) is 60.7 Å². The molecule has 0 aliphatic rings. The number of aromatic amines is 1. The highest BCUT2D eigenvalue weighted by Crippen LogP contribution is 2.38. The van der Waals surface area contributed by atoms with Crippen LogP contribution in [0.4, 0.5) is 8.78 Å². The zero-order chi connectivity index (χ0) is 22.0. The SMILES string of the molecule is [CH2]COc1ccc(/C(=C(/CC)c2ccc(F)cc2Cl)c2ccc3[nH]nc(F)c3c2)cc1. The molecular weight excluding hydrogens is 418 g/mol. The maximum absolute atomic E-state index is 14.2. The number of H-pyrrole nitrogens is 1. The average molecular weight is 438 g/mol. The van der Waals surface area contributed by atoms with Gasteiger partial charge in [-0.25, -0.2) is 4.39 Å². The lowest BCUT2D eigenvalue weighted by Crippen LogP contribution is -1.97. The van der Waals surface area contributed by atoms with E-state index in [2.05, 4.69) is 17.1 Å². The number of ether oxygens (including phenoxy) is 1. The molecule has 3 nitrogen and oxygen atoms in total. The lowest BCUT2D eigenvalue weighted by molar-refractivity contribution is 0.361. The Morgan fingerprint density at radius 1 is 1.03 bits per heavy atom. The first-order valence-electron chi connectivity index (χ1n) is 9.87. The zero-order valence-corrected chi connectivity index (χ0v) is 17.6. The Morgan fingerprint density at radius 2 is 1.77 bits per heavy atom. The summed E-state index contributed by atoms with van der Waals surface area (Å²) in [5.74, 6) is -0.261. The summed E-state index contributed by atoms with van der Waals surface area (Å²) in [7, 11) is 0. The molecule has 4 aromatic rings. The van der Waals surface area contributed by atoms with E-state index in [1.807, 2.05) is 37.3 Å². The Morgan fingerprint density at radius 3 is 2.45 bits per heavy atom. The number of hydrogen-bond donors (Lipinski definition) is 1. The lowest BCUT2D eigenvalue weighted by atomic mass is 9.87. The molecule has 0 spiro atoms. The molecule has 0 amide bonds. The van der Waals surface area contributed by atoms with E-state index in [0.717, 1.165) is 27.8 Å². The van der Waals surface area contributed by atoms with Gasteiger partial charge in [-0.3, -0.25) is 5.10 Å². The minimum absolute atomic E-state index is 0.321. The van der Waals surface area contributed by atoms with Crippen LogP contribution in [-0.2, 0) is 0 Å². The summed E-state index contributed by atoms with van der Waals surface area (Å²) in [5.41, 5.74) is 4.83. The predicted molar refractivity (Wildman–Crippen MR) is 121 cm³/mol. The molecule has 0 saturated heterocycles. The van der Waals surface area contributed by atoms with Crippen LogP contribution in [0, 0.1) is 18.7 Å². The lowest BCUT2D eigenvalue weighted by Gasteiger charge is -2.18.